The van der Waals surface area contributed by atoms with E-state index in [1.165, 1.54) is 116 Å². The number of hydrogen-bond donors (Lipinski definition) is 0. The average molecular weight is 1040 g/mol. The van der Waals surface area contributed by atoms with E-state index in [0.29, 0.717) is 19.3 Å². The summed E-state index contributed by atoms with van der Waals surface area (Å²) in [5, 5.41) is 0. The number of hydrogen-bond acceptors (Lipinski definition) is 6. The molecule has 0 spiro atoms. The van der Waals surface area contributed by atoms with Gasteiger partial charge < -0.3 is 14.2 Å². The molecule has 0 heterocycles. The fourth-order valence-corrected chi connectivity index (χ4v) is 8.57. The number of ether oxygens (including phenoxy) is 3. The summed E-state index contributed by atoms with van der Waals surface area (Å²) in [6.07, 6.45) is 85.1. The molecule has 0 fully saturated rings. The van der Waals surface area contributed by atoms with Gasteiger partial charge in [0, 0.05) is 19.3 Å². The van der Waals surface area contributed by atoms with Crippen LogP contribution < -0.4 is 0 Å². The minimum absolute atomic E-state index is 0.0862. The zero-order valence-corrected chi connectivity index (χ0v) is 49.0. The van der Waals surface area contributed by atoms with Crippen molar-refractivity contribution >= 4 is 17.9 Å². The summed E-state index contributed by atoms with van der Waals surface area (Å²) in [4.78, 5) is 38.3. The summed E-state index contributed by atoms with van der Waals surface area (Å²) in [5.41, 5.74) is 0. The second-order valence-corrected chi connectivity index (χ2v) is 20.6. The Bertz CT molecular complexity index is 1520. The van der Waals surface area contributed by atoms with E-state index in [2.05, 4.69) is 130 Å². The summed E-state index contributed by atoms with van der Waals surface area (Å²) in [7, 11) is 0. The predicted octanol–water partition coefficient (Wildman–Crippen LogP) is 21.4. The number of rotatable bonds is 56. The highest BCUT2D eigenvalue weighted by Gasteiger charge is 2.19. The van der Waals surface area contributed by atoms with Gasteiger partial charge in [-0.3, -0.25) is 14.4 Å². The molecule has 1 unspecified atom stereocenters. The summed E-state index contributed by atoms with van der Waals surface area (Å²) in [6, 6.07) is 0. The van der Waals surface area contributed by atoms with E-state index < -0.39 is 6.10 Å². The van der Waals surface area contributed by atoms with Crippen LogP contribution in [-0.2, 0) is 28.6 Å². The zero-order chi connectivity index (χ0) is 54.3. The summed E-state index contributed by atoms with van der Waals surface area (Å²) < 4.78 is 16.9. The van der Waals surface area contributed by atoms with Crippen LogP contribution >= 0.6 is 0 Å². The molecule has 0 amide bonds. The van der Waals surface area contributed by atoms with Crippen molar-refractivity contribution in [3.8, 4) is 0 Å². The molecule has 0 aromatic carbocycles. The first-order valence-corrected chi connectivity index (χ1v) is 31.4. The van der Waals surface area contributed by atoms with Crippen molar-refractivity contribution in [3.63, 3.8) is 0 Å². The molecule has 6 nitrogen and oxygen atoms in total. The van der Waals surface area contributed by atoms with Crippen molar-refractivity contribution < 1.29 is 28.6 Å². The Kier molecular flexibility index (Phi) is 59.3. The van der Waals surface area contributed by atoms with Crippen molar-refractivity contribution in [3.05, 3.63) is 109 Å². The van der Waals surface area contributed by atoms with Gasteiger partial charge in [-0.05, 0) is 109 Å². The highest BCUT2D eigenvalue weighted by atomic mass is 16.6. The molecule has 1 atom stereocenters. The van der Waals surface area contributed by atoms with Crippen molar-refractivity contribution in [1.29, 1.82) is 0 Å². The number of carbonyl (C=O) groups is 3. The van der Waals surface area contributed by atoms with Gasteiger partial charge in [-0.1, -0.05) is 271 Å². The molecule has 75 heavy (non-hydrogen) atoms. The Morgan fingerprint density at radius 1 is 0.280 bits per heavy atom. The molecule has 0 radical (unpaired) electrons. The quantitative estimate of drug-likeness (QED) is 0.0261. The molecule has 428 valence electrons. The fraction of sp³-hybridized carbons (Fsp3) is 0.696. The highest BCUT2D eigenvalue weighted by Crippen LogP contribution is 2.15. The van der Waals surface area contributed by atoms with Gasteiger partial charge >= 0.3 is 17.9 Å². The van der Waals surface area contributed by atoms with Crippen molar-refractivity contribution in [1.82, 2.24) is 0 Å². The maximum absolute atomic E-state index is 12.9. The zero-order valence-electron chi connectivity index (χ0n) is 49.0. The van der Waals surface area contributed by atoms with E-state index >= 15 is 0 Å². The first-order chi connectivity index (χ1) is 37.0. The first kappa shape index (κ1) is 71.1. The third-order valence-corrected chi connectivity index (χ3v) is 13.3. The van der Waals surface area contributed by atoms with Gasteiger partial charge in [-0.15, -0.1) is 0 Å². The van der Waals surface area contributed by atoms with Gasteiger partial charge in [0.2, 0.25) is 0 Å². The van der Waals surface area contributed by atoms with E-state index in [-0.39, 0.29) is 31.1 Å². The lowest BCUT2D eigenvalue weighted by Gasteiger charge is -2.18. The van der Waals surface area contributed by atoms with Crippen LogP contribution in [0.15, 0.2) is 109 Å². The fourth-order valence-electron chi connectivity index (χ4n) is 8.57. The van der Waals surface area contributed by atoms with Crippen LogP contribution in [0, 0.1) is 0 Å². The highest BCUT2D eigenvalue weighted by molar-refractivity contribution is 5.71. The predicted molar refractivity (Wildman–Crippen MR) is 325 cm³/mol. The SMILES string of the molecule is CC/C=C\C/C=C\C/C=C\C/C=C\C/C=C\C/C=C\C/C=C\CCCCCCCC(=O)OCC(COC(=O)CCCCCCCCCCCCCCC)OC(=O)CCCCCCCCC/C=C\C/C=C\CCCCC. The van der Waals surface area contributed by atoms with Gasteiger partial charge in [-0.2, -0.15) is 0 Å². The van der Waals surface area contributed by atoms with E-state index in [1.807, 2.05) is 0 Å². The van der Waals surface area contributed by atoms with Crippen molar-refractivity contribution in [2.24, 2.45) is 0 Å². The number of allylic oxidation sites excluding steroid dienone is 18. The largest absolute Gasteiger partial charge is 0.462 e. The van der Waals surface area contributed by atoms with Crippen LogP contribution in [0.25, 0.3) is 0 Å². The Labute approximate surface area is 463 Å². The van der Waals surface area contributed by atoms with Gasteiger partial charge in [0.15, 0.2) is 6.10 Å². The second-order valence-electron chi connectivity index (χ2n) is 20.6. The normalized spacial score (nSPS) is 12.8. The topological polar surface area (TPSA) is 78.9 Å². The molecule has 0 saturated heterocycles. The maximum Gasteiger partial charge on any atom is 0.306 e. The molecule has 0 rings (SSSR count). The molecule has 6 heteroatoms. The number of esters is 3. The Morgan fingerprint density at radius 3 is 0.840 bits per heavy atom. The minimum Gasteiger partial charge on any atom is -0.462 e. The molecule has 0 N–H and O–H groups in total. The van der Waals surface area contributed by atoms with Gasteiger partial charge in [0.05, 0.1) is 0 Å². The lowest BCUT2D eigenvalue weighted by atomic mass is 10.0. The lowest BCUT2D eigenvalue weighted by Crippen LogP contribution is -2.30. The Morgan fingerprint density at radius 2 is 0.520 bits per heavy atom. The van der Waals surface area contributed by atoms with E-state index in [9.17, 15) is 14.4 Å². The van der Waals surface area contributed by atoms with Gasteiger partial charge in [0.25, 0.3) is 0 Å². The molecule has 0 bridgehead atoms. The third kappa shape index (κ3) is 60.8. The van der Waals surface area contributed by atoms with Crippen LogP contribution in [-0.4, -0.2) is 37.2 Å². The van der Waals surface area contributed by atoms with Crippen LogP contribution in [0.2, 0.25) is 0 Å². The average Bonchev–Trinajstić information content (AvgIpc) is 3.41. The third-order valence-electron chi connectivity index (χ3n) is 13.3. The van der Waals surface area contributed by atoms with Crippen molar-refractivity contribution in [2.45, 2.75) is 297 Å². The molecule has 0 saturated carbocycles. The number of unbranched alkanes of at least 4 members (excludes halogenated alkanes) is 27. The Hall–Kier alpha value is -3.93. The molecule has 0 aliphatic carbocycles. The minimum atomic E-state index is -0.791. The molecule has 0 aromatic heterocycles. The van der Waals surface area contributed by atoms with E-state index in [0.717, 1.165) is 135 Å². The first-order valence-electron chi connectivity index (χ1n) is 31.4. The van der Waals surface area contributed by atoms with Crippen LogP contribution in [0.5, 0.6) is 0 Å². The lowest BCUT2D eigenvalue weighted by molar-refractivity contribution is -0.167. The summed E-state index contributed by atoms with van der Waals surface area (Å²) >= 11 is 0. The summed E-state index contributed by atoms with van der Waals surface area (Å²) in [6.45, 7) is 6.49. The molecule has 0 aliphatic rings. The molecular weight excluding hydrogens is 925 g/mol. The van der Waals surface area contributed by atoms with Crippen LogP contribution in [0.1, 0.15) is 290 Å². The Balaban J connectivity index is 4.38. The molecule has 0 aromatic rings. The van der Waals surface area contributed by atoms with Crippen LogP contribution in [0.4, 0.5) is 0 Å². The van der Waals surface area contributed by atoms with Gasteiger partial charge in [0.1, 0.15) is 13.2 Å². The summed E-state index contributed by atoms with van der Waals surface area (Å²) in [5.74, 6) is -0.907. The smallest absolute Gasteiger partial charge is 0.306 e. The van der Waals surface area contributed by atoms with E-state index in [4.69, 9.17) is 14.2 Å². The standard InChI is InChI=1S/C69H116O6/c1-4-7-10-13-16-19-22-25-27-29-30-31-32-33-34-35-36-37-38-40-41-44-47-50-53-56-59-62-68(71)74-65-66(64-73-67(70)61-58-55-52-49-46-43-24-21-18-15-12-9-6-3)75-69(72)63-60-57-54-51-48-45-42-39-28-26-23-20-17-14-11-8-5-2/h7,10,16-17,19-20,25-28,30-31,33-34,36-37,40-41,66H,4-6,8-9,11-15,18,21-24,29,32,35,38-39,42-65H2,1-3H3/b10-7-,19-16-,20-17-,27-25-,28-26-,31-30-,34-33-,37-36-,41-40-. The second kappa shape index (κ2) is 62.6. The van der Waals surface area contributed by atoms with Gasteiger partial charge in [-0.25, -0.2) is 0 Å². The van der Waals surface area contributed by atoms with Crippen molar-refractivity contribution in [2.75, 3.05) is 13.2 Å². The number of carbonyl (C=O) groups excluding carboxylic acids is 3. The molecule has 0 aliphatic heterocycles. The van der Waals surface area contributed by atoms with E-state index in [1.54, 1.807) is 0 Å². The monoisotopic (exact) mass is 1040 g/mol. The van der Waals surface area contributed by atoms with Crippen LogP contribution in [0.3, 0.4) is 0 Å². The molecular formula is C69H116O6. The maximum atomic E-state index is 12.9.